The number of hydrogen-bond acceptors (Lipinski definition) is 4. The molecule has 4 nitrogen and oxygen atoms in total. The van der Waals surface area contributed by atoms with E-state index in [-0.39, 0.29) is 6.10 Å². The van der Waals surface area contributed by atoms with E-state index in [0.717, 1.165) is 26.0 Å². The number of hydrogen-bond donors (Lipinski definition) is 1. The molecular formula is C14H30N2O2. The largest absolute Gasteiger partial charge is 0.389 e. The Bertz CT molecular complexity index is 214. The lowest BCUT2D eigenvalue weighted by atomic mass is 10.2. The first kappa shape index (κ1) is 15.9. The lowest BCUT2D eigenvalue weighted by Gasteiger charge is -2.27. The Balaban J connectivity index is 2.08. The first-order valence-electron chi connectivity index (χ1n) is 7.28. The third kappa shape index (κ3) is 6.14. The number of aliphatic hydroxyl groups is 1. The van der Waals surface area contributed by atoms with Gasteiger partial charge in [0.2, 0.25) is 0 Å². The highest BCUT2D eigenvalue weighted by molar-refractivity contribution is 4.79. The van der Waals surface area contributed by atoms with E-state index in [4.69, 9.17) is 4.74 Å². The molecule has 2 atom stereocenters. The molecule has 2 unspecified atom stereocenters. The molecule has 0 saturated carbocycles. The van der Waals surface area contributed by atoms with Crippen LogP contribution in [0.4, 0.5) is 0 Å². The van der Waals surface area contributed by atoms with E-state index < -0.39 is 0 Å². The second-order valence-electron chi connectivity index (χ2n) is 5.58. The van der Waals surface area contributed by atoms with Crippen LogP contribution in [0.5, 0.6) is 0 Å². The summed E-state index contributed by atoms with van der Waals surface area (Å²) in [5.41, 5.74) is 0. The molecule has 0 spiro atoms. The van der Waals surface area contributed by atoms with Crippen LogP contribution in [0.15, 0.2) is 0 Å². The fourth-order valence-electron chi connectivity index (χ4n) is 2.52. The van der Waals surface area contributed by atoms with Crippen molar-refractivity contribution >= 4 is 0 Å². The second-order valence-corrected chi connectivity index (χ2v) is 5.58. The summed E-state index contributed by atoms with van der Waals surface area (Å²) in [7, 11) is 4.28. The molecule has 1 heterocycles. The molecule has 1 fully saturated rings. The van der Waals surface area contributed by atoms with Crippen molar-refractivity contribution in [1.29, 1.82) is 0 Å². The summed E-state index contributed by atoms with van der Waals surface area (Å²) >= 11 is 0. The van der Waals surface area contributed by atoms with E-state index in [0.29, 0.717) is 19.2 Å². The summed E-state index contributed by atoms with van der Waals surface area (Å²) < 4.78 is 5.44. The number of unbranched alkanes of at least 4 members (excludes halogenated alkanes) is 1. The molecule has 1 saturated heterocycles. The Morgan fingerprint density at radius 2 is 2.28 bits per heavy atom. The number of rotatable bonds is 9. The second kappa shape index (κ2) is 8.86. The van der Waals surface area contributed by atoms with Crippen LogP contribution in [0.1, 0.15) is 32.6 Å². The third-order valence-corrected chi connectivity index (χ3v) is 3.67. The molecule has 1 N–H and O–H groups in total. The average molecular weight is 258 g/mol. The van der Waals surface area contributed by atoms with Gasteiger partial charge in [-0.3, -0.25) is 0 Å². The van der Waals surface area contributed by atoms with Gasteiger partial charge < -0.3 is 19.6 Å². The standard InChI is InChI=1S/C14H30N2O2/c1-4-5-9-18-12-14(17)11-15(2)10-13-7-6-8-16(13)3/h13-14,17H,4-12H2,1-3H3. The summed E-state index contributed by atoms with van der Waals surface area (Å²) in [5, 5.41) is 9.88. The Labute approximate surface area is 112 Å². The summed E-state index contributed by atoms with van der Waals surface area (Å²) in [6, 6.07) is 0.656. The molecule has 1 rings (SSSR count). The molecule has 1 aliphatic heterocycles. The van der Waals surface area contributed by atoms with Gasteiger partial charge >= 0.3 is 0 Å². The maximum Gasteiger partial charge on any atom is 0.0900 e. The number of ether oxygens (including phenoxy) is 1. The Morgan fingerprint density at radius 1 is 1.50 bits per heavy atom. The van der Waals surface area contributed by atoms with Gasteiger partial charge in [-0.05, 0) is 39.9 Å². The van der Waals surface area contributed by atoms with Gasteiger partial charge in [-0.2, -0.15) is 0 Å². The molecule has 0 aromatic rings. The molecule has 0 radical (unpaired) electrons. The van der Waals surface area contributed by atoms with Crippen LogP contribution < -0.4 is 0 Å². The molecule has 0 aromatic heterocycles. The topological polar surface area (TPSA) is 35.9 Å². The van der Waals surface area contributed by atoms with Crippen LogP contribution in [0.25, 0.3) is 0 Å². The molecule has 0 aliphatic carbocycles. The van der Waals surface area contributed by atoms with Crippen LogP contribution in [-0.2, 0) is 4.74 Å². The normalized spacial score (nSPS) is 22.8. The Morgan fingerprint density at radius 3 is 2.89 bits per heavy atom. The highest BCUT2D eigenvalue weighted by atomic mass is 16.5. The third-order valence-electron chi connectivity index (χ3n) is 3.67. The highest BCUT2D eigenvalue weighted by Crippen LogP contribution is 2.15. The number of aliphatic hydroxyl groups excluding tert-OH is 1. The van der Waals surface area contributed by atoms with Crippen molar-refractivity contribution in [3.8, 4) is 0 Å². The van der Waals surface area contributed by atoms with Crippen molar-refractivity contribution in [2.45, 2.75) is 44.8 Å². The van der Waals surface area contributed by atoms with Gasteiger partial charge in [0.15, 0.2) is 0 Å². The number of nitrogens with zero attached hydrogens (tertiary/aromatic N) is 2. The highest BCUT2D eigenvalue weighted by Gasteiger charge is 2.22. The lowest BCUT2D eigenvalue weighted by molar-refractivity contribution is 0.0173. The zero-order chi connectivity index (χ0) is 13.4. The van der Waals surface area contributed by atoms with Gasteiger partial charge in [0.25, 0.3) is 0 Å². The van der Waals surface area contributed by atoms with Crippen molar-refractivity contribution < 1.29 is 9.84 Å². The summed E-state index contributed by atoms with van der Waals surface area (Å²) in [5.74, 6) is 0. The van der Waals surface area contributed by atoms with Crippen LogP contribution in [0.3, 0.4) is 0 Å². The molecule has 108 valence electrons. The lowest BCUT2D eigenvalue weighted by Crippen LogP contribution is -2.40. The smallest absolute Gasteiger partial charge is 0.0900 e. The molecule has 0 aromatic carbocycles. The summed E-state index contributed by atoms with van der Waals surface area (Å²) in [6.45, 7) is 6.33. The minimum absolute atomic E-state index is 0.362. The van der Waals surface area contributed by atoms with Crippen LogP contribution >= 0.6 is 0 Å². The van der Waals surface area contributed by atoms with Gasteiger partial charge in [0.1, 0.15) is 0 Å². The fourth-order valence-corrected chi connectivity index (χ4v) is 2.52. The molecular weight excluding hydrogens is 228 g/mol. The quantitative estimate of drug-likeness (QED) is 0.630. The van der Waals surface area contributed by atoms with Gasteiger partial charge in [-0.25, -0.2) is 0 Å². The zero-order valence-corrected chi connectivity index (χ0v) is 12.3. The van der Waals surface area contributed by atoms with E-state index >= 15 is 0 Å². The minimum atomic E-state index is -0.362. The van der Waals surface area contributed by atoms with E-state index in [1.807, 2.05) is 0 Å². The van der Waals surface area contributed by atoms with Crippen LogP contribution in [0, 0.1) is 0 Å². The first-order valence-corrected chi connectivity index (χ1v) is 7.28. The fraction of sp³-hybridized carbons (Fsp3) is 1.00. The van der Waals surface area contributed by atoms with Crippen molar-refractivity contribution in [3.05, 3.63) is 0 Å². The van der Waals surface area contributed by atoms with Crippen molar-refractivity contribution in [2.24, 2.45) is 0 Å². The van der Waals surface area contributed by atoms with Crippen molar-refractivity contribution in [3.63, 3.8) is 0 Å². The average Bonchev–Trinajstić information content (AvgIpc) is 2.70. The van der Waals surface area contributed by atoms with E-state index in [2.05, 4.69) is 30.8 Å². The monoisotopic (exact) mass is 258 g/mol. The summed E-state index contributed by atoms with van der Waals surface area (Å²) in [6.07, 6.45) is 4.44. The van der Waals surface area contributed by atoms with Gasteiger partial charge in [-0.1, -0.05) is 13.3 Å². The molecule has 18 heavy (non-hydrogen) atoms. The van der Waals surface area contributed by atoms with E-state index in [9.17, 15) is 5.11 Å². The maximum atomic E-state index is 9.88. The molecule has 0 bridgehead atoms. The SMILES string of the molecule is CCCCOCC(O)CN(C)CC1CCCN1C. The number of likely N-dealkylation sites (N-methyl/N-ethyl adjacent to an activating group) is 2. The molecule has 4 heteroatoms. The Hall–Kier alpha value is -0.160. The number of likely N-dealkylation sites (tertiary alicyclic amines) is 1. The predicted molar refractivity (Wildman–Crippen MR) is 74.9 cm³/mol. The van der Waals surface area contributed by atoms with Crippen LogP contribution in [0.2, 0.25) is 0 Å². The first-order chi connectivity index (χ1) is 8.63. The van der Waals surface area contributed by atoms with Gasteiger partial charge in [0, 0.05) is 25.7 Å². The molecule has 0 amide bonds. The maximum absolute atomic E-state index is 9.88. The van der Waals surface area contributed by atoms with Gasteiger partial charge in [-0.15, -0.1) is 0 Å². The Kier molecular flexibility index (Phi) is 7.82. The van der Waals surface area contributed by atoms with Crippen molar-refractivity contribution in [1.82, 2.24) is 9.80 Å². The zero-order valence-electron chi connectivity index (χ0n) is 12.3. The predicted octanol–water partition coefficient (Wildman–Crippen LogP) is 1.19. The van der Waals surface area contributed by atoms with Crippen molar-refractivity contribution in [2.75, 3.05) is 46.9 Å². The summed E-state index contributed by atoms with van der Waals surface area (Å²) in [4.78, 5) is 4.64. The van der Waals surface area contributed by atoms with E-state index in [1.54, 1.807) is 0 Å². The van der Waals surface area contributed by atoms with Crippen LogP contribution in [-0.4, -0.2) is 74.0 Å². The van der Waals surface area contributed by atoms with Gasteiger partial charge in [0.05, 0.1) is 12.7 Å². The van der Waals surface area contributed by atoms with E-state index in [1.165, 1.54) is 19.4 Å². The minimum Gasteiger partial charge on any atom is -0.389 e. The molecule has 1 aliphatic rings.